The Kier molecular flexibility index (Phi) is 5.15. The lowest BCUT2D eigenvalue weighted by molar-refractivity contribution is 0.163. The molecule has 21 heavy (non-hydrogen) atoms. The van der Waals surface area contributed by atoms with Crippen LogP contribution in [0, 0.1) is 11.6 Å². The van der Waals surface area contributed by atoms with Gasteiger partial charge in [0.05, 0.1) is 0 Å². The van der Waals surface area contributed by atoms with Crippen LogP contribution in [0.25, 0.3) is 0 Å². The first-order valence-corrected chi connectivity index (χ1v) is 7.01. The highest BCUT2D eigenvalue weighted by Gasteiger charge is 2.22. The van der Waals surface area contributed by atoms with Crippen molar-refractivity contribution in [1.82, 2.24) is 0 Å². The molecule has 2 rings (SSSR count). The number of hydrogen-bond acceptors (Lipinski definition) is 2. The highest BCUT2D eigenvalue weighted by molar-refractivity contribution is 6.30. The van der Waals surface area contributed by atoms with Crippen molar-refractivity contribution in [3.63, 3.8) is 0 Å². The summed E-state index contributed by atoms with van der Waals surface area (Å²) in [4.78, 5) is 0. The fourth-order valence-corrected chi connectivity index (χ4v) is 2.20. The maximum Gasteiger partial charge on any atom is 0.165 e. The van der Waals surface area contributed by atoms with E-state index in [4.69, 9.17) is 22.1 Å². The van der Waals surface area contributed by atoms with E-state index in [1.807, 2.05) is 6.92 Å². The Morgan fingerprint density at radius 2 is 1.95 bits per heavy atom. The van der Waals surface area contributed by atoms with Crippen molar-refractivity contribution < 1.29 is 13.5 Å². The number of hydrogen-bond donors (Lipinski definition) is 1. The first kappa shape index (κ1) is 15.7. The van der Waals surface area contributed by atoms with Crippen LogP contribution in [-0.2, 0) is 0 Å². The van der Waals surface area contributed by atoms with E-state index in [2.05, 4.69) is 0 Å². The molecule has 2 unspecified atom stereocenters. The highest BCUT2D eigenvalue weighted by atomic mass is 35.5. The van der Waals surface area contributed by atoms with Gasteiger partial charge in [-0.15, -0.1) is 0 Å². The molecule has 112 valence electrons. The van der Waals surface area contributed by atoms with E-state index in [0.717, 1.165) is 23.8 Å². The molecule has 0 aliphatic carbocycles. The Balaban J connectivity index is 2.35. The minimum absolute atomic E-state index is 0.163. The third-order valence-electron chi connectivity index (χ3n) is 3.18. The Morgan fingerprint density at radius 3 is 2.62 bits per heavy atom. The van der Waals surface area contributed by atoms with Crippen LogP contribution in [0.4, 0.5) is 8.78 Å². The predicted molar refractivity (Wildman–Crippen MR) is 79.4 cm³/mol. The molecular formula is C16H16ClF2NO. The lowest BCUT2D eigenvalue weighted by Gasteiger charge is -2.25. The minimum atomic E-state index is -0.633. The number of halogens is 3. The lowest BCUT2D eigenvalue weighted by Crippen LogP contribution is -2.31. The van der Waals surface area contributed by atoms with Crippen LogP contribution in [0.3, 0.4) is 0 Å². The largest absolute Gasteiger partial charge is 0.481 e. The molecule has 2 aromatic carbocycles. The van der Waals surface area contributed by atoms with Gasteiger partial charge in [0.25, 0.3) is 0 Å². The second kappa shape index (κ2) is 6.87. The average molecular weight is 312 g/mol. The Bertz CT molecular complexity index is 621. The van der Waals surface area contributed by atoms with Crippen molar-refractivity contribution >= 4 is 11.6 Å². The zero-order valence-electron chi connectivity index (χ0n) is 11.5. The first-order valence-electron chi connectivity index (χ1n) is 6.64. The molecule has 0 radical (unpaired) electrons. The Hall–Kier alpha value is -1.65. The van der Waals surface area contributed by atoms with Gasteiger partial charge >= 0.3 is 0 Å². The monoisotopic (exact) mass is 311 g/mol. The number of nitrogens with two attached hydrogens (primary N) is 1. The predicted octanol–water partition coefficient (Wildman–Crippen LogP) is 4.48. The molecule has 2 N–H and O–H groups in total. The maximum absolute atomic E-state index is 13.7. The van der Waals surface area contributed by atoms with Crippen molar-refractivity contribution in [3.05, 3.63) is 64.7 Å². The Labute approximate surface area is 127 Å². The molecule has 2 atom stereocenters. The van der Waals surface area contributed by atoms with Crippen molar-refractivity contribution in [2.75, 3.05) is 0 Å². The molecular weight excluding hydrogens is 296 g/mol. The molecule has 0 amide bonds. The molecule has 0 spiro atoms. The van der Waals surface area contributed by atoms with E-state index < -0.39 is 17.7 Å². The second-order valence-corrected chi connectivity index (χ2v) is 5.18. The van der Waals surface area contributed by atoms with Crippen molar-refractivity contribution in [3.8, 4) is 5.75 Å². The van der Waals surface area contributed by atoms with Crippen LogP contribution in [0.2, 0.25) is 5.02 Å². The van der Waals surface area contributed by atoms with Crippen LogP contribution in [0.1, 0.15) is 25.0 Å². The van der Waals surface area contributed by atoms with E-state index in [1.165, 1.54) is 0 Å². The summed E-state index contributed by atoms with van der Waals surface area (Å²) in [7, 11) is 0. The molecule has 0 bridgehead atoms. The van der Waals surface area contributed by atoms with Crippen molar-refractivity contribution in [1.29, 1.82) is 0 Å². The smallest absolute Gasteiger partial charge is 0.165 e. The number of benzene rings is 2. The van der Waals surface area contributed by atoms with Crippen molar-refractivity contribution in [2.45, 2.75) is 25.5 Å². The Morgan fingerprint density at radius 1 is 1.19 bits per heavy atom. The van der Waals surface area contributed by atoms with Crippen LogP contribution < -0.4 is 10.5 Å². The number of rotatable bonds is 5. The second-order valence-electron chi connectivity index (χ2n) is 4.74. The molecule has 0 aliphatic heterocycles. The third kappa shape index (κ3) is 3.93. The zero-order valence-corrected chi connectivity index (χ0v) is 12.3. The third-order valence-corrected chi connectivity index (χ3v) is 3.42. The summed E-state index contributed by atoms with van der Waals surface area (Å²) in [5.41, 5.74) is 6.77. The summed E-state index contributed by atoms with van der Waals surface area (Å²) in [5, 5.41) is 0.532. The van der Waals surface area contributed by atoms with Gasteiger partial charge in [0.2, 0.25) is 0 Å². The molecule has 0 aromatic heterocycles. The van der Waals surface area contributed by atoms with Gasteiger partial charge in [0.15, 0.2) is 11.6 Å². The standard InChI is InChI=1S/C16H16ClF2NO/c1-2-14(20)16(10-4-3-5-11(17)8-10)21-15-9-12(18)6-7-13(15)19/h3-9,14,16H,2,20H2,1H3. The molecule has 2 nitrogen and oxygen atoms in total. The maximum atomic E-state index is 13.7. The van der Waals surface area contributed by atoms with Gasteiger partial charge < -0.3 is 10.5 Å². The summed E-state index contributed by atoms with van der Waals surface area (Å²) in [6, 6.07) is 9.69. The summed E-state index contributed by atoms with van der Waals surface area (Å²) < 4.78 is 32.6. The SMILES string of the molecule is CCC(N)C(Oc1cc(F)ccc1F)c1cccc(Cl)c1. The van der Waals surface area contributed by atoms with Gasteiger partial charge in [-0.05, 0) is 36.2 Å². The molecule has 2 aromatic rings. The summed E-state index contributed by atoms with van der Waals surface area (Å²) in [6.07, 6.45) is 0.0127. The quantitative estimate of drug-likeness (QED) is 0.884. The normalized spacial score (nSPS) is 13.8. The summed E-state index contributed by atoms with van der Waals surface area (Å²) >= 11 is 5.97. The fourth-order valence-electron chi connectivity index (χ4n) is 2.00. The van der Waals surface area contributed by atoms with E-state index in [0.29, 0.717) is 11.4 Å². The van der Waals surface area contributed by atoms with E-state index >= 15 is 0 Å². The zero-order chi connectivity index (χ0) is 15.4. The minimum Gasteiger partial charge on any atom is -0.481 e. The fraction of sp³-hybridized carbons (Fsp3) is 0.250. The highest BCUT2D eigenvalue weighted by Crippen LogP contribution is 2.29. The topological polar surface area (TPSA) is 35.2 Å². The first-order chi connectivity index (χ1) is 10.0. The van der Waals surface area contributed by atoms with Crippen LogP contribution in [0.5, 0.6) is 5.75 Å². The molecule has 0 heterocycles. The van der Waals surface area contributed by atoms with Gasteiger partial charge in [-0.3, -0.25) is 0 Å². The molecule has 5 heteroatoms. The van der Waals surface area contributed by atoms with Crippen LogP contribution in [0.15, 0.2) is 42.5 Å². The van der Waals surface area contributed by atoms with Crippen LogP contribution >= 0.6 is 11.6 Å². The van der Waals surface area contributed by atoms with Gasteiger partial charge in [0.1, 0.15) is 11.9 Å². The van der Waals surface area contributed by atoms with Gasteiger partial charge in [-0.25, -0.2) is 8.78 Å². The summed E-state index contributed by atoms with van der Waals surface area (Å²) in [6.45, 7) is 1.90. The van der Waals surface area contributed by atoms with Gasteiger partial charge in [-0.2, -0.15) is 0 Å². The van der Waals surface area contributed by atoms with Crippen molar-refractivity contribution in [2.24, 2.45) is 5.73 Å². The molecule has 0 saturated carbocycles. The lowest BCUT2D eigenvalue weighted by atomic mass is 10.0. The van der Waals surface area contributed by atoms with Gasteiger partial charge in [0, 0.05) is 17.1 Å². The van der Waals surface area contributed by atoms with E-state index in [1.54, 1.807) is 24.3 Å². The van der Waals surface area contributed by atoms with E-state index in [-0.39, 0.29) is 11.8 Å². The molecule has 0 fully saturated rings. The van der Waals surface area contributed by atoms with E-state index in [9.17, 15) is 8.78 Å². The summed E-state index contributed by atoms with van der Waals surface area (Å²) in [5.74, 6) is -1.36. The van der Waals surface area contributed by atoms with Crippen LogP contribution in [-0.4, -0.2) is 6.04 Å². The number of ether oxygens (including phenoxy) is 1. The average Bonchev–Trinajstić information content (AvgIpc) is 2.47. The van der Waals surface area contributed by atoms with Gasteiger partial charge in [-0.1, -0.05) is 30.7 Å². The molecule has 0 saturated heterocycles. The molecule has 0 aliphatic rings.